The molecule has 2 aromatic carbocycles. The molecular formula is C24H23F2N3O3. The van der Waals surface area contributed by atoms with Gasteiger partial charge in [-0.1, -0.05) is 30.3 Å². The smallest absolute Gasteiger partial charge is 0.259 e. The molecule has 3 heterocycles. The zero-order chi connectivity index (χ0) is 22.4. The fraction of sp³-hybridized carbons (Fsp3) is 0.333. The van der Waals surface area contributed by atoms with Gasteiger partial charge < -0.3 is 15.4 Å². The lowest BCUT2D eigenvalue weighted by Gasteiger charge is -2.39. The minimum absolute atomic E-state index is 0.106. The predicted octanol–water partition coefficient (Wildman–Crippen LogP) is 2.51. The fourth-order valence-electron chi connectivity index (χ4n) is 4.79. The van der Waals surface area contributed by atoms with Crippen molar-refractivity contribution >= 4 is 11.8 Å². The minimum Gasteiger partial charge on any atom is -0.370 e. The lowest BCUT2D eigenvalue weighted by atomic mass is 9.93. The first kappa shape index (κ1) is 20.8. The molecule has 0 bridgehead atoms. The maximum absolute atomic E-state index is 14.2. The van der Waals surface area contributed by atoms with Gasteiger partial charge in [-0.2, -0.15) is 0 Å². The quantitative estimate of drug-likeness (QED) is 0.741. The summed E-state index contributed by atoms with van der Waals surface area (Å²) in [5.74, 6) is -2.08. The van der Waals surface area contributed by atoms with Gasteiger partial charge in [0, 0.05) is 29.9 Å². The van der Waals surface area contributed by atoms with Gasteiger partial charge in [0.25, 0.3) is 5.91 Å². The van der Waals surface area contributed by atoms with E-state index in [0.29, 0.717) is 18.5 Å². The summed E-state index contributed by atoms with van der Waals surface area (Å²) in [5.41, 5.74) is 7.75. The Kier molecular flexibility index (Phi) is 5.27. The molecule has 4 atom stereocenters. The summed E-state index contributed by atoms with van der Waals surface area (Å²) in [6, 6.07) is 11.9. The summed E-state index contributed by atoms with van der Waals surface area (Å²) in [6.45, 7) is 0.872. The summed E-state index contributed by atoms with van der Waals surface area (Å²) in [7, 11) is 0. The summed E-state index contributed by atoms with van der Waals surface area (Å²) >= 11 is 0. The van der Waals surface area contributed by atoms with Gasteiger partial charge in [0.05, 0.1) is 25.1 Å². The van der Waals surface area contributed by atoms with E-state index in [1.54, 1.807) is 6.20 Å². The first-order valence-electron chi connectivity index (χ1n) is 10.6. The second kappa shape index (κ2) is 8.11. The van der Waals surface area contributed by atoms with E-state index >= 15 is 0 Å². The van der Waals surface area contributed by atoms with Crippen molar-refractivity contribution in [1.82, 2.24) is 9.80 Å². The molecule has 2 N–H and O–H groups in total. The van der Waals surface area contributed by atoms with E-state index in [1.165, 1.54) is 4.90 Å². The molecule has 8 heteroatoms. The summed E-state index contributed by atoms with van der Waals surface area (Å²) in [6.07, 6.45) is 1.45. The number of hydrogen-bond acceptors (Lipinski definition) is 5. The highest BCUT2D eigenvalue weighted by atomic mass is 19.1. The number of carbonyl (C=O) groups excluding carboxylic acids is 2. The fourth-order valence-corrected chi connectivity index (χ4v) is 4.79. The van der Waals surface area contributed by atoms with Gasteiger partial charge in [-0.25, -0.2) is 8.78 Å². The van der Waals surface area contributed by atoms with Crippen LogP contribution in [0.4, 0.5) is 8.78 Å². The number of likely N-dealkylation sites (tertiary alicyclic amines) is 1. The van der Waals surface area contributed by atoms with Crippen LogP contribution in [0.15, 0.2) is 60.3 Å². The van der Waals surface area contributed by atoms with Crippen LogP contribution in [0, 0.1) is 17.6 Å². The third-order valence-electron chi connectivity index (χ3n) is 6.45. The molecule has 32 heavy (non-hydrogen) atoms. The average Bonchev–Trinajstić information content (AvgIpc) is 3.32. The average molecular weight is 439 g/mol. The zero-order valence-corrected chi connectivity index (χ0v) is 17.3. The van der Waals surface area contributed by atoms with Crippen molar-refractivity contribution in [2.75, 3.05) is 13.2 Å². The molecule has 2 aromatic rings. The van der Waals surface area contributed by atoms with Crippen LogP contribution in [0.5, 0.6) is 0 Å². The van der Waals surface area contributed by atoms with E-state index in [2.05, 4.69) is 0 Å². The monoisotopic (exact) mass is 439 g/mol. The maximum Gasteiger partial charge on any atom is 0.259 e. The lowest BCUT2D eigenvalue weighted by molar-refractivity contribution is -0.140. The number of halogens is 2. The van der Waals surface area contributed by atoms with Gasteiger partial charge in [0.1, 0.15) is 17.7 Å². The van der Waals surface area contributed by atoms with Crippen LogP contribution in [-0.4, -0.2) is 46.8 Å². The molecule has 0 radical (unpaired) electrons. The van der Waals surface area contributed by atoms with Crippen molar-refractivity contribution < 1.29 is 23.1 Å². The van der Waals surface area contributed by atoms with Crippen LogP contribution < -0.4 is 5.73 Å². The van der Waals surface area contributed by atoms with Gasteiger partial charge in [-0.05, 0) is 30.2 Å². The van der Waals surface area contributed by atoms with Gasteiger partial charge in [-0.3, -0.25) is 14.5 Å². The maximum atomic E-state index is 14.2. The molecule has 166 valence electrons. The highest BCUT2D eigenvalue weighted by Crippen LogP contribution is 2.37. The van der Waals surface area contributed by atoms with Crippen molar-refractivity contribution in [3.63, 3.8) is 0 Å². The van der Waals surface area contributed by atoms with Gasteiger partial charge >= 0.3 is 0 Å². The molecule has 0 aromatic heterocycles. The Morgan fingerprint density at radius 2 is 1.88 bits per heavy atom. The number of nitrogens with two attached hydrogens (primary N) is 1. The van der Waals surface area contributed by atoms with Crippen molar-refractivity contribution in [2.24, 2.45) is 11.7 Å². The molecule has 0 saturated carbocycles. The van der Waals surface area contributed by atoms with Crippen LogP contribution in [0.25, 0.3) is 0 Å². The predicted molar refractivity (Wildman–Crippen MR) is 112 cm³/mol. The van der Waals surface area contributed by atoms with Crippen LogP contribution in [0.2, 0.25) is 0 Å². The Morgan fingerprint density at radius 1 is 1.09 bits per heavy atom. The second-order valence-electron chi connectivity index (χ2n) is 8.52. The molecule has 2 fully saturated rings. The number of benzene rings is 2. The molecular weight excluding hydrogens is 416 g/mol. The number of carbonyl (C=O) groups is 2. The highest BCUT2D eigenvalue weighted by Gasteiger charge is 2.48. The van der Waals surface area contributed by atoms with Gasteiger partial charge in [-0.15, -0.1) is 0 Å². The Labute approximate surface area is 184 Å². The first-order chi connectivity index (χ1) is 15.4. The number of amides is 2. The number of rotatable bonds is 4. The van der Waals surface area contributed by atoms with Crippen molar-refractivity contribution in [1.29, 1.82) is 0 Å². The lowest BCUT2D eigenvalue weighted by Crippen LogP contribution is -2.48. The Balaban J connectivity index is 1.27. The van der Waals surface area contributed by atoms with Crippen molar-refractivity contribution in [2.45, 2.75) is 31.2 Å². The van der Waals surface area contributed by atoms with Crippen molar-refractivity contribution in [3.8, 4) is 0 Å². The van der Waals surface area contributed by atoms with Crippen LogP contribution in [-0.2, 0) is 20.9 Å². The Morgan fingerprint density at radius 3 is 2.59 bits per heavy atom. The third-order valence-corrected chi connectivity index (χ3v) is 6.45. The van der Waals surface area contributed by atoms with Crippen molar-refractivity contribution in [3.05, 3.63) is 83.1 Å². The first-order valence-corrected chi connectivity index (χ1v) is 10.6. The summed E-state index contributed by atoms with van der Waals surface area (Å²) < 4.78 is 33.6. The number of imide groups is 1. The molecule has 0 spiro atoms. The molecule has 3 aliphatic rings. The molecule has 3 aliphatic heterocycles. The van der Waals surface area contributed by atoms with E-state index in [4.69, 9.17) is 10.5 Å². The Bertz CT molecular complexity index is 1090. The number of ether oxygens (including phenoxy) is 1. The highest BCUT2D eigenvalue weighted by molar-refractivity contribution is 6.15. The molecule has 2 saturated heterocycles. The summed E-state index contributed by atoms with van der Waals surface area (Å²) in [5, 5.41) is 0. The van der Waals surface area contributed by atoms with Crippen LogP contribution >= 0.6 is 0 Å². The normalized spacial score (nSPS) is 27.7. The molecule has 5 rings (SSSR count). The van der Waals surface area contributed by atoms with E-state index in [1.807, 2.05) is 35.2 Å². The topological polar surface area (TPSA) is 75.9 Å². The van der Waals surface area contributed by atoms with Gasteiger partial charge in [0.15, 0.2) is 0 Å². The van der Waals surface area contributed by atoms with E-state index in [0.717, 1.165) is 23.8 Å². The molecule has 0 aliphatic carbocycles. The van der Waals surface area contributed by atoms with Crippen LogP contribution in [0.1, 0.15) is 23.7 Å². The van der Waals surface area contributed by atoms with E-state index in [-0.39, 0.29) is 36.6 Å². The molecule has 2 amide bonds. The number of hydrogen-bond donors (Lipinski definition) is 1. The SMILES string of the molecule is N[C@H]1C[C@@H](N2C=C3C(=O)N(Cc4ccccc4)C(=O)C3C2)CO[C@@H]1c1cc(F)ccc1F. The molecule has 1 unspecified atom stereocenters. The minimum atomic E-state index is -0.749. The standard InChI is InChI=1S/C24H23F2N3O3/c25-15-6-7-20(26)17(8-15)22-21(27)9-16(13-32-22)28-11-18-19(12-28)24(31)29(23(18)30)10-14-4-2-1-3-5-14/h1-8,11,16,19,21-22H,9-10,12-13,27H2/t16-,19?,21+,22-/m1/s1. The summed E-state index contributed by atoms with van der Waals surface area (Å²) in [4.78, 5) is 29.0. The zero-order valence-electron chi connectivity index (χ0n) is 17.3. The second-order valence-corrected chi connectivity index (χ2v) is 8.52. The Hall–Kier alpha value is -3.10. The van der Waals surface area contributed by atoms with Crippen LogP contribution in [0.3, 0.4) is 0 Å². The van der Waals surface area contributed by atoms with Gasteiger partial charge in [0.2, 0.25) is 5.91 Å². The van der Waals surface area contributed by atoms with E-state index < -0.39 is 29.7 Å². The largest absolute Gasteiger partial charge is 0.370 e. The number of fused-ring (bicyclic) bond motifs is 1. The molecule has 6 nitrogen and oxygen atoms in total. The third kappa shape index (κ3) is 3.59. The van der Waals surface area contributed by atoms with E-state index in [9.17, 15) is 18.4 Å². The number of nitrogens with zero attached hydrogens (tertiary/aromatic N) is 2.